The molecule has 2 aromatic heterocycles. The molecule has 0 spiro atoms. The van der Waals surface area contributed by atoms with Gasteiger partial charge in [-0.2, -0.15) is 10.2 Å². The fourth-order valence-electron chi connectivity index (χ4n) is 3.13. The van der Waals surface area contributed by atoms with Gasteiger partial charge >= 0.3 is 0 Å². The Morgan fingerprint density at radius 2 is 1.25 bits per heavy atom. The molecule has 2 heterocycles. The summed E-state index contributed by atoms with van der Waals surface area (Å²) in [4.78, 5) is 0. The van der Waals surface area contributed by atoms with Crippen LogP contribution >= 0.6 is 0 Å². The van der Waals surface area contributed by atoms with Gasteiger partial charge in [0.25, 0.3) is 0 Å². The van der Waals surface area contributed by atoms with E-state index in [0.717, 1.165) is 28.3 Å². The number of aliphatic hydroxyl groups excluding tert-OH is 1. The molecular weight excluding hydrogens is 300 g/mol. The molecule has 0 amide bonds. The third kappa shape index (κ3) is 2.99. The summed E-state index contributed by atoms with van der Waals surface area (Å²) in [6.45, 7) is 9.96. The molecule has 1 aromatic carbocycles. The number of benzene rings is 1. The Bertz CT molecular complexity index is 799. The number of aryl methyl sites for hydroxylation is 5. The second kappa shape index (κ2) is 6.24. The van der Waals surface area contributed by atoms with Crippen molar-refractivity contribution in [3.05, 3.63) is 70.3 Å². The van der Waals surface area contributed by atoms with Gasteiger partial charge in [-0.05, 0) is 52.3 Å². The third-order valence-corrected chi connectivity index (χ3v) is 4.29. The Balaban J connectivity index is 2.13. The lowest BCUT2D eigenvalue weighted by Crippen LogP contribution is -2.29. The van der Waals surface area contributed by atoms with Crippen LogP contribution in [0.25, 0.3) is 0 Å². The molecule has 0 aliphatic carbocycles. The minimum absolute atomic E-state index is 0.421. The predicted molar refractivity (Wildman–Crippen MR) is 94.0 cm³/mol. The highest BCUT2D eigenvalue weighted by Gasteiger charge is 2.28. The average Bonchev–Trinajstić information content (AvgIpc) is 3.02. The minimum atomic E-state index is -0.749. The molecule has 5 nitrogen and oxygen atoms in total. The highest BCUT2D eigenvalue weighted by Crippen LogP contribution is 2.30. The summed E-state index contributed by atoms with van der Waals surface area (Å²) in [6.07, 6.45) is -1.17. The summed E-state index contributed by atoms with van der Waals surface area (Å²) in [5.74, 6) is 0. The lowest BCUT2D eigenvalue weighted by Gasteiger charge is -2.26. The molecule has 0 fully saturated rings. The zero-order valence-corrected chi connectivity index (χ0v) is 14.9. The van der Waals surface area contributed by atoms with Crippen molar-refractivity contribution in [3.63, 3.8) is 0 Å². The van der Waals surface area contributed by atoms with Crippen molar-refractivity contribution >= 4 is 0 Å². The molecule has 1 N–H and O–H groups in total. The van der Waals surface area contributed by atoms with Gasteiger partial charge < -0.3 is 5.11 Å². The van der Waals surface area contributed by atoms with E-state index >= 15 is 0 Å². The summed E-state index contributed by atoms with van der Waals surface area (Å²) in [6, 6.07) is 12.0. The molecule has 0 bridgehead atoms. The molecule has 1 unspecified atom stereocenters. The van der Waals surface area contributed by atoms with Crippen LogP contribution in [0.2, 0.25) is 0 Å². The van der Waals surface area contributed by atoms with Crippen molar-refractivity contribution in [2.45, 2.75) is 46.9 Å². The zero-order valence-electron chi connectivity index (χ0n) is 14.9. The first-order chi connectivity index (χ1) is 11.4. The molecule has 0 radical (unpaired) electrons. The normalized spacial score (nSPS) is 12.8. The monoisotopic (exact) mass is 324 g/mol. The second-order valence-electron chi connectivity index (χ2n) is 6.51. The fourth-order valence-corrected chi connectivity index (χ4v) is 3.13. The standard InChI is InChI=1S/C19H24N4O/c1-12-6-8-17(9-7-12)18(24)19(22-15(4)10-13(2)20-22)23-16(5)11-14(3)21-23/h6-11,18-19,24H,1-5H3. The average molecular weight is 324 g/mol. The first-order valence-corrected chi connectivity index (χ1v) is 8.17. The number of nitrogens with zero attached hydrogens (tertiary/aromatic N) is 4. The fraction of sp³-hybridized carbons (Fsp3) is 0.368. The van der Waals surface area contributed by atoms with Crippen molar-refractivity contribution in [2.75, 3.05) is 0 Å². The van der Waals surface area contributed by atoms with Gasteiger partial charge in [0.2, 0.25) is 0 Å². The van der Waals surface area contributed by atoms with Gasteiger partial charge in [0.05, 0.1) is 11.4 Å². The van der Waals surface area contributed by atoms with Crippen LogP contribution in [0.5, 0.6) is 0 Å². The van der Waals surface area contributed by atoms with E-state index in [9.17, 15) is 5.11 Å². The quantitative estimate of drug-likeness (QED) is 0.800. The van der Waals surface area contributed by atoms with E-state index in [1.165, 1.54) is 5.56 Å². The summed E-state index contributed by atoms with van der Waals surface area (Å²) in [5, 5.41) is 20.3. The van der Waals surface area contributed by atoms with E-state index in [-0.39, 0.29) is 0 Å². The lowest BCUT2D eigenvalue weighted by atomic mass is 10.0. The molecule has 1 atom stereocenters. The first-order valence-electron chi connectivity index (χ1n) is 8.17. The predicted octanol–water partition coefficient (Wildman–Crippen LogP) is 3.40. The van der Waals surface area contributed by atoms with Gasteiger partial charge in [-0.15, -0.1) is 0 Å². The van der Waals surface area contributed by atoms with Crippen molar-refractivity contribution in [2.24, 2.45) is 0 Å². The Labute approximate surface area is 142 Å². The van der Waals surface area contributed by atoms with Gasteiger partial charge in [0.1, 0.15) is 6.10 Å². The molecule has 3 rings (SSSR count). The Morgan fingerprint density at radius 3 is 1.62 bits per heavy atom. The molecule has 0 aliphatic heterocycles. The van der Waals surface area contributed by atoms with E-state index in [1.807, 2.05) is 80.4 Å². The molecule has 24 heavy (non-hydrogen) atoms. The topological polar surface area (TPSA) is 55.9 Å². The van der Waals surface area contributed by atoms with Gasteiger partial charge in [0, 0.05) is 11.4 Å². The van der Waals surface area contributed by atoms with Crippen LogP contribution in [-0.2, 0) is 0 Å². The van der Waals surface area contributed by atoms with Gasteiger partial charge in [-0.25, -0.2) is 9.36 Å². The van der Waals surface area contributed by atoms with Crippen LogP contribution < -0.4 is 0 Å². The van der Waals surface area contributed by atoms with E-state index in [0.29, 0.717) is 0 Å². The van der Waals surface area contributed by atoms with Crippen molar-refractivity contribution in [1.29, 1.82) is 0 Å². The van der Waals surface area contributed by atoms with E-state index < -0.39 is 12.3 Å². The molecule has 126 valence electrons. The van der Waals surface area contributed by atoms with Crippen LogP contribution in [0.1, 0.15) is 46.2 Å². The number of aromatic nitrogens is 4. The smallest absolute Gasteiger partial charge is 0.173 e. The molecule has 0 saturated carbocycles. The first kappa shape index (κ1) is 16.5. The second-order valence-corrected chi connectivity index (χ2v) is 6.51. The maximum absolute atomic E-state index is 11.1. The van der Waals surface area contributed by atoms with Gasteiger partial charge in [-0.3, -0.25) is 0 Å². The van der Waals surface area contributed by atoms with E-state index in [1.54, 1.807) is 0 Å². The van der Waals surface area contributed by atoms with Crippen LogP contribution in [0.4, 0.5) is 0 Å². The van der Waals surface area contributed by atoms with Gasteiger partial charge in [-0.1, -0.05) is 29.8 Å². The summed E-state index contributed by atoms with van der Waals surface area (Å²) in [5.41, 5.74) is 5.86. The zero-order chi connectivity index (χ0) is 17.4. The highest BCUT2D eigenvalue weighted by atomic mass is 16.3. The Hall–Kier alpha value is -2.40. The maximum atomic E-state index is 11.1. The number of rotatable bonds is 4. The van der Waals surface area contributed by atoms with E-state index in [2.05, 4.69) is 10.2 Å². The Morgan fingerprint density at radius 1 is 0.792 bits per heavy atom. The largest absolute Gasteiger partial charge is 0.384 e. The summed E-state index contributed by atoms with van der Waals surface area (Å²) >= 11 is 0. The van der Waals surface area contributed by atoms with Crippen LogP contribution in [0.3, 0.4) is 0 Å². The van der Waals surface area contributed by atoms with Crippen molar-refractivity contribution in [3.8, 4) is 0 Å². The van der Waals surface area contributed by atoms with Crippen molar-refractivity contribution < 1.29 is 5.11 Å². The maximum Gasteiger partial charge on any atom is 0.173 e. The van der Waals surface area contributed by atoms with Crippen molar-refractivity contribution in [1.82, 2.24) is 19.6 Å². The molecule has 0 saturated heterocycles. The van der Waals surface area contributed by atoms with Crippen LogP contribution in [0, 0.1) is 34.6 Å². The van der Waals surface area contributed by atoms with Gasteiger partial charge in [0.15, 0.2) is 6.17 Å². The van der Waals surface area contributed by atoms with Crippen LogP contribution in [-0.4, -0.2) is 24.7 Å². The lowest BCUT2D eigenvalue weighted by molar-refractivity contribution is 0.0796. The molecule has 3 aromatic rings. The number of hydrogen-bond acceptors (Lipinski definition) is 3. The van der Waals surface area contributed by atoms with E-state index in [4.69, 9.17) is 0 Å². The highest BCUT2D eigenvalue weighted by molar-refractivity contribution is 5.25. The number of hydrogen-bond donors (Lipinski definition) is 1. The summed E-state index contributed by atoms with van der Waals surface area (Å²) in [7, 11) is 0. The summed E-state index contributed by atoms with van der Waals surface area (Å²) < 4.78 is 3.72. The molecule has 5 heteroatoms. The SMILES string of the molecule is Cc1ccc(C(O)C(n2nc(C)cc2C)n2nc(C)cc2C)cc1. The minimum Gasteiger partial charge on any atom is -0.384 e. The molecular formula is C19H24N4O. The third-order valence-electron chi connectivity index (χ3n) is 4.29. The molecule has 0 aliphatic rings. The van der Waals surface area contributed by atoms with Crippen LogP contribution in [0.15, 0.2) is 36.4 Å². The Kier molecular flexibility index (Phi) is 4.28. The number of aliphatic hydroxyl groups is 1.